The molecule has 0 atom stereocenters. The summed E-state index contributed by atoms with van der Waals surface area (Å²) in [5, 5.41) is 11.7. The molecule has 3 N–H and O–H groups in total. The number of carbonyl (C=O) groups is 2. The zero-order valence-electron chi connectivity index (χ0n) is 13.8. The van der Waals surface area contributed by atoms with Crippen molar-refractivity contribution in [1.82, 2.24) is 4.98 Å². The molecule has 1 aromatic carbocycles. The number of fused-ring (bicyclic) bond motifs is 1. The highest BCUT2D eigenvalue weighted by Crippen LogP contribution is 2.34. The SMILES string of the molecule is CCc1ccc2c(c1)/C(=C/c1[nH]cc(CCC(=O)O)c1C)C(=O)N2. The Hall–Kier alpha value is -2.82. The van der Waals surface area contributed by atoms with Crippen LogP contribution in [0.25, 0.3) is 11.6 Å². The van der Waals surface area contributed by atoms with Gasteiger partial charge in [-0.2, -0.15) is 0 Å². The van der Waals surface area contributed by atoms with Crippen molar-refractivity contribution in [2.75, 3.05) is 5.32 Å². The standard InChI is InChI=1S/C19H20N2O3/c1-3-12-4-6-16-14(8-12)15(19(24)21-16)9-17-11(2)13(10-20-17)5-7-18(22)23/h4,6,8-10,20H,3,5,7H2,1-2H3,(H,21,24)(H,22,23)/b15-9-. The number of carboxylic acid groups (broad SMARTS) is 1. The number of anilines is 1. The lowest BCUT2D eigenvalue weighted by Crippen LogP contribution is -2.03. The maximum absolute atomic E-state index is 12.3. The molecule has 0 unspecified atom stereocenters. The Morgan fingerprint density at radius 1 is 1.33 bits per heavy atom. The largest absolute Gasteiger partial charge is 0.481 e. The van der Waals surface area contributed by atoms with Crippen LogP contribution in [0.3, 0.4) is 0 Å². The van der Waals surface area contributed by atoms with E-state index >= 15 is 0 Å². The van der Waals surface area contributed by atoms with Gasteiger partial charge in [0.1, 0.15) is 0 Å². The van der Waals surface area contributed by atoms with Gasteiger partial charge in [-0.05, 0) is 54.7 Å². The highest BCUT2D eigenvalue weighted by molar-refractivity contribution is 6.34. The second-order valence-electron chi connectivity index (χ2n) is 5.99. The molecule has 2 heterocycles. The van der Waals surface area contributed by atoms with E-state index in [0.717, 1.165) is 34.5 Å². The van der Waals surface area contributed by atoms with Gasteiger partial charge < -0.3 is 15.4 Å². The molecule has 0 fully saturated rings. The minimum atomic E-state index is -0.813. The highest BCUT2D eigenvalue weighted by atomic mass is 16.4. The van der Waals surface area contributed by atoms with Crippen LogP contribution in [0.2, 0.25) is 0 Å². The average Bonchev–Trinajstić information content (AvgIpc) is 3.06. The van der Waals surface area contributed by atoms with E-state index in [9.17, 15) is 9.59 Å². The van der Waals surface area contributed by atoms with Crippen LogP contribution in [0, 0.1) is 6.92 Å². The van der Waals surface area contributed by atoms with E-state index in [1.165, 1.54) is 5.56 Å². The number of H-pyrrole nitrogens is 1. The summed E-state index contributed by atoms with van der Waals surface area (Å²) in [7, 11) is 0. The highest BCUT2D eigenvalue weighted by Gasteiger charge is 2.24. The van der Waals surface area contributed by atoms with Crippen molar-refractivity contribution in [2.45, 2.75) is 33.1 Å². The summed E-state index contributed by atoms with van der Waals surface area (Å²) in [6, 6.07) is 6.00. The molecular weight excluding hydrogens is 304 g/mol. The molecule has 5 heteroatoms. The maximum Gasteiger partial charge on any atom is 0.303 e. The Morgan fingerprint density at radius 2 is 2.12 bits per heavy atom. The summed E-state index contributed by atoms with van der Waals surface area (Å²) in [6.45, 7) is 4.02. The third-order valence-corrected chi connectivity index (χ3v) is 4.46. The number of rotatable bonds is 5. The van der Waals surface area contributed by atoms with Crippen molar-refractivity contribution in [2.24, 2.45) is 0 Å². The Bertz CT molecular complexity index is 846. The Labute approximate surface area is 140 Å². The summed E-state index contributed by atoms with van der Waals surface area (Å²) < 4.78 is 0. The molecule has 0 saturated carbocycles. The molecule has 1 aliphatic rings. The number of aromatic nitrogens is 1. The molecule has 1 aliphatic heterocycles. The van der Waals surface area contributed by atoms with Crippen molar-refractivity contribution in [3.63, 3.8) is 0 Å². The summed E-state index contributed by atoms with van der Waals surface area (Å²) in [4.78, 5) is 26.2. The number of aryl methyl sites for hydroxylation is 2. The zero-order chi connectivity index (χ0) is 17.3. The van der Waals surface area contributed by atoms with Crippen LogP contribution in [0.1, 0.15) is 41.3 Å². The van der Waals surface area contributed by atoms with Crippen LogP contribution >= 0.6 is 0 Å². The molecular formula is C19H20N2O3. The van der Waals surface area contributed by atoms with Gasteiger partial charge in [0.25, 0.3) is 5.91 Å². The molecule has 0 spiro atoms. The van der Waals surface area contributed by atoms with Crippen LogP contribution in [0.4, 0.5) is 5.69 Å². The van der Waals surface area contributed by atoms with Crippen LogP contribution in [0.15, 0.2) is 24.4 Å². The number of benzene rings is 1. The van der Waals surface area contributed by atoms with E-state index < -0.39 is 5.97 Å². The lowest BCUT2D eigenvalue weighted by Gasteiger charge is -2.02. The molecule has 0 aliphatic carbocycles. The maximum atomic E-state index is 12.3. The zero-order valence-corrected chi connectivity index (χ0v) is 13.8. The van der Waals surface area contributed by atoms with Crippen LogP contribution in [-0.4, -0.2) is 22.0 Å². The fourth-order valence-corrected chi connectivity index (χ4v) is 2.95. The van der Waals surface area contributed by atoms with Crippen molar-refractivity contribution in [3.8, 4) is 0 Å². The van der Waals surface area contributed by atoms with Gasteiger partial charge in [0.2, 0.25) is 0 Å². The lowest BCUT2D eigenvalue weighted by molar-refractivity contribution is -0.137. The number of nitrogens with one attached hydrogen (secondary N) is 2. The number of carboxylic acids is 1. The quantitative estimate of drug-likeness (QED) is 0.737. The van der Waals surface area contributed by atoms with Gasteiger partial charge in [0.15, 0.2) is 0 Å². The number of hydrogen-bond donors (Lipinski definition) is 3. The number of aromatic amines is 1. The van der Waals surface area contributed by atoms with Crippen molar-refractivity contribution < 1.29 is 14.7 Å². The minimum absolute atomic E-state index is 0.0951. The topological polar surface area (TPSA) is 82.2 Å². The summed E-state index contributed by atoms with van der Waals surface area (Å²) in [5.41, 5.74) is 6.35. The fraction of sp³-hybridized carbons (Fsp3) is 0.263. The van der Waals surface area contributed by atoms with Gasteiger partial charge in [-0.15, -0.1) is 0 Å². The first-order valence-electron chi connectivity index (χ1n) is 8.04. The number of amides is 1. The molecule has 1 aromatic heterocycles. The van der Waals surface area contributed by atoms with Gasteiger partial charge in [-0.1, -0.05) is 13.0 Å². The van der Waals surface area contributed by atoms with Gasteiger partial charge in [-0.25, -0.2) is 0 Å². The Morgan fingerprint density at radius 3 is 2.83 bits per heavy atom. The normalized spacial score (nSPS) is 14.8. The monoisotopic (exact) mass is 324 g/mol. The molecule has 0 radical (unpaired) electrons. The van der Waals surface area contributed by atoms with Gasteiger partial charge in [-0.3, -0.25) is 9.59 Å². The van der Waals surface area contributed by atoms with Gasteiger partial charge >= 0.3 is 5.97 Å². The molecule has 1 amide bonds. The minimum Gasteiger partial charge on any atom is -0.481 e. The van der Waals surface area contributed by atoms with Crippen molar-refractivity contribution in [1.29, 1.82) is 0 Å². The Balaban J connectivity index is 1.95. The molecule has 0 bridgehead atoms. The van der Waals surface area contributed by atoms with Crippen LogP contribution < -0.4 is 5.32 Å². The lowest BCUT2D eigenvalue weighted by atomic mass is 10.0. The second-order valence-corrected chi connectivity index (χ2v) is 5.99. The number of carbonyl (C=O) groups excluding carboxylic acids is 1. The van der Waals surface area contributed by atoms with E-state index in [-0.39, 0.29) is 12.3 Å². The summed E-state index contributed by atoms with van der Waals surface area (Å²) >= 11 is 0. The van der Waals surface area contributed by atoms with E-state index in [2.05, 4.69) is 17.2 Å². The number of hydrogen-bond acceptors (Lipinski definition) is 2. The molecule has 5 nitrogen and oxygen atoms in total. The average molecular weight is 324 g/mol. The summed E-state index contributed by atoms with van der Waals surface area (Å²) in [6.07, 6.45) is 5.15. The first-order valence-corrected chi connectivity index (χ1v) is 8.04. The van der Waals surface area contributed by atoms with E-state index in [4.69, 9.17) is 5.11 Å². The van der Waals surface area contributed by atoms with E-state index in [1.54, 1.807) is 0 Å². The molecule has 2 aromatic rings. The smallest absolute Gasteiger partial charge is 0.303 e. The fourth-order valence-electron chi connectivity index (χ4n) is 2.95. The Kier molecular flexibility index (Phi) is 4.25. The summed E-state index contributed by atoms with van der Waals surface area (Å²) in [5.74, 6) is -0.925. The molecule has 0 saturated heterocycles. The molecule has 3 rings (SSSR count). The van der Waals surface area contributed by atoms with E-state index in [1.807, 2.05) is 37.4 Å². The molecule has 24 heavy (non-hydrogen) atoms. The van der Waals surface area contributed by atoms with Crippen molar-refractivity contribution in [3.05, 3.63) is 52.3 Å². The van der Waals surface area contributed by atoms with Gasteiger partial charge in [0, 0.05) is 29.6 Å². The third kappa shape index (κ3) is 2.97. The molecule has 124 valence electrons. The first kappa shape index (κ1) is 16.1. The van der Waals surface area contributed by atoms with Crippen LogP contribution in [-0.2, 0) is 22.4 Å². The predicted molar refractivity (Wildman–Crippen MR) is 93.8 cm³/mol. The first-order chi connectivity index (χ1) is 11.5. The second kappa shape index (κ2) is 6.35. The number of aliphatic carboxylic acids is 1. The van der Waals surface area contributed by atoms with Crippen LogP contribution in [0.5, 0.6) is 0 Å². The van der Waals surface area contributed by atoms with Crippen molar-refractivity contribution >= 4 is 29.2 Å². The van der Waals surface area contributed by atoms with Gasteiger partial charge in [0.05, 0.1) is 5.57 Å². The van der Waals surface area contributed by atoms with E-state index in [0.29, 0.717) is 12.0 Å². The third-order valence-electron chi connectivity index (χ3n) is 4.46. The predicted octanol–water partition coefficient (Wildman–Crippen LogP) is 3.40.